The Labute approximate surface area is 82.9 Å². The summed E-state index contributed by atoms with van der Waals surface area (Å²) in [5.41, 5.74) is -0.148. The van der Waals surface area contributed by atoms with E-state index in [0.29, 0.717) is 0 Å². The Balaban J connectivity index is 0. The molecule has 0 spiro atoms. The highest BCUT2D eigenvalue weighted by molar-refractivity contribution is 7.45. The fourth-order valence-electron chi connectivity index (χ4n) is 0.421. The Morgan fingerprint density at radius 3 is 1.71 bits per heavy atom. The zero-order valence-electron chi connectivity index (χ0n) is 8.39. The molecular formula is C7H16NO5P. The first-order valence-electron chi connectivity index (χ1n) is 3.68. The van der Waals surface area contributed by atoms with Gasteiger partial charge < -0.3 is 20.0 Å². The van der Waals surface area contributed by atoms with Gasteiger partial charge in [-0.3, -0.25) is 4.79 Å². The Kier molecular flexibility index (Phi) is 6.68. The maximum Gasteiger partial charge on any atom is 0.466 e. The lowest BCUT2D eigenvalue weighted by Crippen LogP contribution is -2.39. The summed E-state index contributed by atoms with van der Waals surface area (Å²) in [5, 5.41) is 2.71. The van der Waals surface area contributed by atoms with Crippen LogP contribution in [0.4, 0.5) is 0 Å². The highest BCUT2D eigenvalue weighted by Gasteiger charge is 2.10. The van der Waals surface area contributed by atoms with Crippen molar-refractivity contribution in [3.05, 3.63) is 12.7 Å². The second kappa shape index (κ2) is 5.93. The van der Waals surface area contributed by atoms with Gasteiger partial charge in [0.05, 0.1) is 0 Å². The highest BCUT2D eigenvalue weighted by atomic mass is 31.2. The van der Waals surface area contributed by atoms with Crippen LogP contribution >= 0.6 is 7.82 Å². The molecule has 0 aromatic rings. The van der Waals surface area contributed by atoms with Crippen LogP contribution in [0.25, 0.3) is 0 Å². The first-order chi connectivity index (χ1) is 5.95. The van der Waals surface area contributed by atoms with Crippen LogP contribution in [0.1, 0.15) is 20.8 Å². The van der Waals surface area contributed by atoms with Gasteiger partial charge in [0.2, 0.25) is 5.91 Å². The molecule has 0 rings (SSSR count). The van der Waals surface area contributed by atoms with Crippen molar-refractivity contribution in [3.8, 4) is 0 Å². The normalized spacial score (nSPS) is 11.0. The standard InChI is InChI=1S/C7H13NO.H3O4P/c1-5-6(9)8-7(2,3)4;1-5(2,3)4/h5H,1H2,2-4H3,(H,8,9);(H3,1,2,3,4). The van der Waals surface area contributed by atoms with Gasteiger partial charge in [-0.1, -0.05) is 6.58 Å². The summed E-state index contributed by atoms with van der Waals surface area (Å²) in [6, 6.07) is 0. The molecule has 1 amide bonds. The van der Waals surface area contributed by atoms with Crippen molar-refractivity contribution in [1.82, 2.24) is 5.32 Å². The number of phosphoric acid groups is 1. The molecule has 0 unspecified atom stereocenters. The highest BCUT2D eigenvalue weighted by Crippen LogP contribution is 2.25. The molecule has 0 fully saturated rings. The van der Waals surface area contributed by atoms with E-state index in [2.05, 4.69) is 11.9 Å². The molecule has 0 aliphatic rings. The molecule has 0 radical (unpaired) electrons. The minimum atomic E-state index is -4.64. The predicted octanol–water partition coefficient (Wildman–Crippen LogP) is 0.158. The maximum absolute atomic E-state index is 10.6. The fraction of sp³-hybridized carbons (Fsp3) is 0.571. The van der Waals surface area contributed by atoms with E-state index in [4.69, 9.17) is 19.2 Å². The summed E-state index contributed by atoms with van der Waals surface area (Å²) in [6.07, 6.45) is 1.27. The van der Waals surface area contributed by atoms with Crippen LogP contribution in [0.2, 0.25) is 0 Å². The van der Waals surface area contributed by atoms with E-state index >= 15 is 0 Å². The van der Waals surface area contributed by atoms with Gasteiger partial charge in [-0.2, -0.15) is 0 Å². The molecular weight excluding hydrogens is 209 g/mol. The minimum absolute atomic E-state index is 0.123. The molecule has 0 aliphatic carbocycles. The van der Waals surface area contributed by atoms with Crippen molar-refractivity contribution < 1.29 is 24.0 Å². The lowest BCUT2D eigenvalue weighted by Gasteiger charge is -2.18. The second-order valence-electron chi connectivity index (χ2n) is 3.46. The number of rotatable bonds is 1. The van der Waals surface area contributed by atoms with Crippen LogP contribution in [0, 0.1) is 0 Å². The van der Waals surface area contributed by atoms with Crippen molar-refractivity contribution in [2.45, 2.75) is 26.3 Å². The van der Waals surface area contributed by atoms with Crippen molar-refractivity contribution in [2.75, 3.05) is 0 Å². The zero-order valence-corrected chi connectivity index (χ0v) is 9.28. The number of hydrogen-bond acceptors (Lipinski definition) is 2. The van der Waals surface area contributed by atoms with Crippen LogP contribution in [0.5, 0.6) is 0 Å². The van der Waals surface area contributed by atoms with E-state index in [1.54, 1.807) is 0 Å². The molecule has 0 heterocycles. The van der Waals surface area contributed by atoms with Gasteiger partial charge in [-0.15, -0.1) is 0 Å². The smallest absolute Gasteiger partial charge is 0.348 e. The summed E-state index contributed by atoms with van der Waals surface area (Å²) in [4.78, 5) is 32.2. The van der Waals surface area contributed by atoms with Crippen LogP contribution in [0.3, 0.4) is 0 Å². The number of nitrogens with one attached hydrogen (secondary N) is 1. The molecule has 7 heteroatoms. The lowest BCUT2D eigenvalue weighted by atomic mass is 10.1. The SMILES string of the molecule is C=CC(=O)NC(C)(C)C.O=P(O)(O)O. The third-order valence-corrected chi connectivity index (χ3v) is 0.684. The van der Waals surface area contributed by atoms with Gasteiger partial charge >= 0.3 is 7.82 Å². The molecule has 0 saturated carbocycles. The van der Waals surface area contributed by atoms with E-state index in [1.165, 1.54) is 6.08 Å². The Hall–Kier alpha value is -0.680. The first-order valence-corrected chi connectivity index (χ1v) is 5.25. The van der Waals surface area contributed by atoms with E-state index in [0.717, 1.165) is 0 Å². The average molecular weight is 225 g/mol. The number of hydrogen-bond donors (Lipinski definition) is 4. The van der Waals surface area contributed by atoms with Crippen molar-refractivity contribution in [3.63, 3.8) is 0 Å². The van der Waals surface area contributed by atoms with Crippen molar-refractivity contribution in [1.29, 1.82) is 0 Å². The molecule has 0 aliphatic heterocycles. The summed E-state index contributed by atoms with van der Waals surface area (Å²) < 4.78 is 8.88. The van der Waals surface area contributed by atoms with Crippen molar-refractivity contribution >= 4 is 13.7 Å². The first kappa shape index (κ1) is 15.8. The van der Waals surface area contributed by atoms with Crippen LogP contribution in [0.15, 0.2) is 12.7 Å². The molecule has 6 nitrogen and oxygen atoms in total. The zero-order chi connectivity index (χ0) is 12.0. The van der Waals surface area contributed by atoms with E-state index in [9.17, 15) is 4.79 Å². The molecule has 84 valence electrons. The lowest BCUT2D eigenvalue weighted by molar-refractivity contribution is -0.117. The fourth-order valence-corrected chi connectivity index (χ4v) is 0.421. The van der Waals surface area contributed by atoms with Gasteiger partial charge in [-0.05, 0) is 26.8 Å². The topological polar surface area (TPSA) is 107 Å². The second-order valence-corrected chi connectivity index (χ2v) is 4.48. The number of amides is 1. The molecule has 0 bridgehead atoms. The van der Waals surface area contributed by atoms with Gasteiger partial charge in [0.25, 0.3) is 0 Å². The van der Waals surface area contributed by atoms with Crippen LogP contribution in [-0.2, 0) is 9.36 Å². The predicted molar refractivity (Wildman–Crippen MR) is 52.4 cm³/mol. The van der Waals surface area contributed by atoms with Crippen molar-refractivity contribution in [2.24, 2.45) is 0 Å². The molecule has 0 aromatic carbocycles. The summed E-state index contributed by atoms with van der Waals surface area (Å²) in [5.74, 6) is -0.123. The third kappa shape index (κ3) is 30.2. The molecule has 0 atom stereocenters. The molecule has 0 saturated heterocycles. The average Bonchev–Trinajstić information content (AvgIpc) is 1.79. The number of carbonyl (C=O) groups is 1. The summed E-state index contributed by atoms with van der Waals surface area (Å²) in [7, 11) is -4.64. The summed E-state index contributed by atoms with van der Waals surface area (Å²) >= 11 is 0. The van der Waals surface area contributed by atoms with Gasteiger partial charge in [0, 0.05) is 5.54 Å². The Morgan fingerprint density at radius 2 is 1.64 bits per heavy atom. The minimum Gasteiger partial charge on any atom is -0.348 e. The third-order valence-electron chi connectivity index (χ3n) is 0.684. The molecule has 14 heavy (non-hydrogen) atoms. The Bertz CT molecular complexity index is 231. The Morgan fingerprint density at radius 1 is 1.36 bits per heavy atom. The van der Waals surface area contributed by atoms with E-state index < -0.39 is 7.82 Å². The van der Waals surface area contributed by atoms with Gasteiger partial charge in [0.1, 0.15) is 0 Å². The summed E-state index contributed by atoms with van der Waals surface area (Å²) in [6.45, 7) is 9.11. The maximum atomic E-state index is 10.6. The van der Waals surface area contributed by atoms with Crippen LogP contribution < -0.4 is 5.32 Å². The van der Waals surface area contributed by atoms with Gasteiger partial charge in [-0.25, -0.2) is 4.57 Å². The quantitative estimate of drug-likeness (QED) is 0.375. The van der Waals surface area contributed by atoms with Crippen LogP contribution in [-0.4, -0.2) is 26.1 Å². The monoisotopic (exact) mass is 225 g/mol. The van der Waals surface area contributed by atoms with E-state index in [1.807, 2.05) is 20.8 Å². The largest absolute Gasteiger partial charge is 0.466 e. The van der Waals surface area contributed by atoms with Gasteiger partial charge in [0.15, 0.2) is 0 Å². The van der Waals surface area contributed by atoms with E-state index in [-0.39, 0.29) is 11.4 Å². The molecule has 4 N–H and O–H groups in total. The number of carbonyl (C=O) groups excluding carboxylic acids is 1. The molecule has 0 aromatic heterocycles.